The molecule has 2 atom stereocenters. The summed E-state index contributed by atoms with van der Waals surface area (Å²) >= 11 is 0. The van der Waals surface area contributed by atoms with Gasteiger partial charge in [-0.05, 0) is 42.3 Å². The van der Waals surface area contributed by atoms with Gasteiger partial charge in [0.2, 0.25) is 5.91 Å². The molecule has 0 aliphatic carbocycles. The molecule has 0 aromatic heterocycles. The first-order valence-corrected chi connectivity index (χ1v) is 8.71. The number of carbonyl (C=O) groups excluding carboxylic acids is 1. The lowest BCUT2D eigenvalue weighted by atomic mass is 10.1. The highest BCUT2D eigenvalue weighted by molar-refractivity contribution is 5.82. The van der Waals surface area contributed by atoms with Crippen molar-refractivity contribution < 1.29 is 18.7 Å². The molecule has 0 bridgehead atoms. The van der Waals surface area contributed by atoms with Crippen molar-refractivity contribution in [2.75, 3.05) is 13.2 Å². The van der Waals surface area contributed by atoms with E-state index in [2.05, 4.69) is 10.6 Å². The molecule has 1 fully saturated rings. The summed E-state index contributed by atoms with van der Waals surface area (Å²) in [6.07, 6.45) is -0.137. The second-order valence-corrected chi connectivity index (χ2v) is 6.29. The zero-order valence-corrected chi connectivity index (χ0v) is 14.7. The van der Waals surface area contributed by atoms with E-state index in [0.717, 1.165) is 11.1 Å². The van der Waals surface area contributed by atoms with Gasteiger partial charge in [0.15, 0.2) is 0 Å². The zero-order chi connectivity index (χ0) is 18.4. The Bertz CT molecular complexity index is 736. The second kappa shape index (κ2) is 8.78. The minimum Gasteiger partial charge on any atom is -0.489 e. The van der Waals surface area contributed by atoms with Crippen molar-refractivity contribution in [1.29, 1.82) is 0 Å². The molecule has 1 aliphatic heterocycles. The molecule has 6 heteroatoms. The number of halogens is 1. The molecule has 5 nitrogen and oxygen atoms in total. The van der Waals surface area contributed by atoms with Crippen LogP contribution in [0.15, 0.2) is 48.5 Å². The van der Waals surface area contributed by atoms with Crippen LogP contribution in [0.2, 0.25) is 0 Å². The van der Waals surface area contributed by atoms with Gasteiger partial charge in [0.05, 0.1) is 12.7 Å². The van der Waals surface area contributed by atoms with Gasteiger partial charge in [0, 0.05) is 13.1 Å². The van der Waals surface area contributed by atoms with E-state index in [0.29, 0.717) is 32.1 Å². The normalized spacial score (nSPS) is 19.8. The van der Waals surface area contributed by atoms with Gasteiger partial charge in [0.1, 0.15) is 24.2 Å². The Labute approximate surface area is 152 Å². The topological polar surface area (TPSA) is 59.6 Å². The maximum absolute atomic E-state index is 13.2. The number of carbonyl (C=O) groups is 1. The zero-order valence-electron chi connectivity index (χ0n) is 14.7. The van der Waals surface area contributed by atoms with Gasteiger partial charge < -0.3 is 20.1 Å². The SMILES string of the molecule is C[C@H]1OCCN[C@@H]1C(=O)NCc1ccc(OCc2cccc(F)c2)cc1. The summed E-state index contributed by atoms with van der Waals surface area (Å²) in [5, 5.41) is 6.09. The van der Waals surface area contributed by atoms with E-state index in [4.69, 9.17) is 9.47 Å². The lowest BCUT2D eigenvalue weighted by Gasteiger charge is -2.29. The van der Waals surface area contributed by atoms with Gasteiger partial charge in [-0.15, -0.1) is 0 Å². The number of ether oxygens (including phenoxy) is 2. The van der Waals surface area contributed by atoms with Gasteiger partial charge in [-0.3, -0.25) is 4.79 Å². The minimum atomic E-state index is -0.322. The van der Waals surface area contributed by atoms with E-state index in [1.54, 1.807) is 6.07 Å². The molecule has 1 heterocycles. The third kappa shape index (κ3) is 5.03. The molecule has 1 aliphatic rings. The third-order valence-electron chi connectivity index (χ3n) is 4.28. The van der Waals surface area contributed by atoms with Crippen molar-refractivity contribution >= 4 is 5.91 Å². The number of nitrogens with one attached hydrogen (secondary N) is 2. The molecule has 2 aromatic carbocycles. The first kappa shape index (κ1) is 18.4. The Kier molecular flexibility index (Phi) is 6.20. The third-order valence-corrected chi connectivity index (χ3v) is 4.28. The summed E-state index contributed by atoms with van der Waals surface area (Å²) < 4.78 is 24.3. The summed E-state index contributed by atoms with van der Waals surface area (Å²) in [5.74, 6) is 0.355. The lowest BCUT2D eigenvalue weighted by Crippen LogP contribution is -2.55. The van der Waals surface area contributed by atoms with Crippen LogP contribution in [-0.4, -0.2) is 31.2 Å². The number of morpholine rings is 1. The first-order valence-electron chi connectivity index (χ1n) is 8.71. The van der Waals surface area contributed by atoms with Crippen molar-refractivity contribution in [2.45, 2.75) is 32.2 Å². The Balaban J connectivity index is 1.47. The maximum atomic E-state index is 13.2. The van der Waals surface area contributed by atoms with Crippen LogP contribution in [0.5, 0.6) is 5.75 Å². The average Bonchev–Trinajstić information content (AvgIpc) is 2.66. The molecule has 1 saturated heterocycles. The van der Waals surface area contributed by atoms with Crippen LogP contribution in [0.1, 0.15) is 18.1 Å². The standard InChI is InChI=1S/C20H23FN2O3/c1-14-19(22-9-10-25-14)20(24)23-12-15-5-7-18(8-6-15)26-13-16-3-2-4-17(21)11-16/h2-8,11,14,19,22H,9-10,12-13H2,1H3,(H,23,24)/t14-,19+/m1/s1. The van der Waals surface area contributed by atoms with Gasteiger partial charge in [-0.25, -0.2) is 4.39 Å². The highest BCUT2D eigenvalue weighted by Crippen LogP contribution is 2.15. The molecular weight excluding hydrogens is 335 g/mol. The fraction of sp³-hybridized carbons (Fsp3) is 0.350. The maximum Gasteiger partial charge on any atom is 0.240 e. The van der Waals surface area contributed by atoms with Crippen LogP contribution < -0.4 is 15.4 Å². The van der Waals surface area contributed by atoms with Crippen LogP contribution >= 0.6 is 0 Å². The quantitative estimate of drug-likeness (QED) is 0.833. The van der Waals surface area contributed by atoms with Gasteiger partial charge in [0.25, 0.3) is 0 Å². The second-order valence-electron chi connectivity index (χ2n) is 6.29. The smallest absolute Gasteiger partial charge is 0.240 e. The van der Waals surface area contributed by atoms with Crippen molar-refractivity contribution in [3.05, 3.63) is 65.5 Å². The molecular formula is C20H23FN2O3. The van der Waals surface area contributed by atoms with Crippen LogP contribution in [0.4, 0.5) is 4.39 Å². The summed E-state index contributed by atoms with van der Waals surface area (Å²) in [4.78, 5) is 12.2. The number of benzene rings is 2. The van der Waals surface area contributed by atoms with E-state index in [9.17, 15) is 9.18 Å². The van der Waals surface area contributed by atoms with Crippen molar-refractivity contribution in [1.82, 2.24) is 10.6 Å². The Morgan fingerprint density at radius 2 is 2.08 bits per heavy atom. The lowest BCUT2D eigenvalue weighted by molar-refractivity contribution is -0.129. The van der Waals surface area contributed by atoms with Crippen LogP contribution in [0.25, 0.3) is 0 Å². The molecule has 2 aromatic rings. The summed E-state index contributed by atoms with van der Waals surface area (Å²) in [5.41, 5.74) is 1.75. The summed E-state index contributed by atoms with van der Waals surface area (Å²) in [7, 11) is 0. The monoisotopic (exact) mass is 358 g/mol. The molecule has 0 saturated carbocycles. The molecule has 0 radical (unpaired) electrons. The summed E-state index contributed by atoms with van der Waals surface area (Å²) in [6.45, 7) is 3.94. The Morgan fingerprint density at radius 1 is 1.27 bits per heavy atom. The molecule has 3 rings (SSSR count). The highest BCUT2D eigenvalue weighted by atomic mass is 19.1. The van der Waals surface area contributed by atoms with Gasteiger partial charge in [-0.1, -0.05) is 24.3 Å². The van der Waals surface area contributed by atoms with Crippen molar-refractivity contribution in [3.63, 3.8) is 0 Å². The number of amides is 1. The van der Waals surface area contributed by atoms with E-state index in [1.807, 2.05) is 37.3 Å². The Hall–Kier alpha value is -2.44. The predicted molar refractivity (Wildman–Crippen MR) is 96.2 cm³/mol. The van der Waals surface area contributed by atoms with E-state index >= 15 is 0 Å². The molecule has 26 heavy (non-hydrogen) atoms. The number of rotatable bonds is 6. The minimum absolute atomic E-state index is 0.0661. The molecule has 138 valence electrons. The Morgan fingerprint density at radius 3 is 2.81 bits per heavy atom. The van der Waals surface area contributed by atoms with Crippen LogP contribution in [0.3, 0.4) is 0 Å². The first-order chi connectivity index (χ1) is 12.6. The van der Waals surface area contributed by atoms with Crippen LogP contribution in [-0.2, 0) is 22.7 Å². The fourth-order valence-corrected chi connectivity index (χ4v) is 2.82. The largest absolute Gasteiger partial charge is 0.489 e. The van der Waals surface area contributed by atoms with Gasteiger partial charge in [-0.2, -0.15) is 0 Å². The van der Waals surface area contributed by atoms with E-state index in [1.165, 1.54) is 12.1 Å². The molecule has 1 amide bonds. The number of hydrogen-bond acceptors (Lipinski definition) is 4. The average molecular weight is 358 g/mol. The highest BCUT2D eigenvalue weighted by Gasteiger charge is 2.27. The fourth-order valence-electron chi connectivity index (χ4n) is 2.82. The molecule has 2 N–H and O–H groups in total. The number of hydrogen-bond donors (Lipinski definition) is 2. The van der Waals surface area contributed by atoms with Crippen molar-refractivity contribution in [2.24, 2.45) is 0 Å². The molecule has 0 unspecified atom stereocenters. The predicted octanol–water partition coefficient (Wildman–Crippen LogP) is 2.40. The van der Waals surface area contributed by atoms with Gasteiger partial charge >= 0.3 is 0 Å². The van der Waals surface area contributed by atoms with E-state index < -0.39 is 0 Å². The van der Waals surface area contributed by atoms with Crippen molar-refractivity contribution in [3.8, 4) is 5.75 Å². The summed E-state index contributed by atoms with van der Waals surface area (Å²) in [6, 6.07) is 13.5. The van der Waals surface area contributed by atoms with E-state index in [-0.39, 0.29) is 23.9 Å². The molecule has 0 spiro atoms. The van der Waals surface area contributed by atoms with Crippen LogP contribution in [0, 0.1) is 5.82 Å².